The van der Waals surface area contributed by atoms with Gasteiger partial charge in [0, 0.05) is 5.69 Å². The van der Waals surface area contributed by atoms with Crippen LogP contribution in [0, 0.1) is 0 Å². The minimum atomic E-state index is -3.82. The summed E-state index contributed by atoms with van der Waals surface area (Å²) in [5.41, 5.74) is 0.572. The van der Waals surface area contributed by atoms with Crippen molar-refractivity contribution in [1.29, 1.82) is 0 Å². The molecule has 0 unspecified atom stereocenters. The van der Waals surface area contributed by atoms with Crippen LogP contribution in [0.4, 0.5) is 5.69 Å². The van der Waals surface area contributed by atoms with Crippen molar-refractivity contribution >= 4 is 21.6 Å². The molecule has 1 saturated carbocycles. The first-order chi connectivity index (χ1) is 7.46. The number of benzene rings is 1. The molecule has 0 spiro atoms. The maximum atomic E-state index is 11.8. The van der Waals surface area contributed by atoms with Gasteiger partial charge in [0.05, 0.1) is 0 Å². The van der Waals surface area contributed by atoms with Crippen molar-refractivity contribution < 1.29 is 13.2 Å². The number of primary sulfonamides is 1. The Morgan fingerprint density at radius 1 is 1.25 bits per heavy atom. The Balaban J connectivity index is 2.17. The summed E-state index contributed by atoms with van der Waals surface area (Å²) in [4.78, 5) is 11.8. The summed E-state index contributed by atoms with van der Waals surface area (Å²) in [5, 5.41) is 7.59. The molecule has 0 heterocycles. The van der Waals surface area contributed by atoms with Crippen LogP contribution < -0.4 is 10.5 Å². The van der Waals surface area contributed by atoms with E-state index in [1.165, 1.54) is 0 Å². The molecule has 1 aromatic rings. The maximum Gasteiger partial charge on any atom is 0.247 e. The van der Waals surface area contributed by atoms with Gasteiger partial charge in [0.15, 0.2) is 4.75 Å². The van der Waals surface area contributed by atoms with Crippen LogP contribution in [0.5, 0.6) is 0 Å². The predicted molar refractivity (Wildman–Crippen MR) is 60.1 cm³/mol. The SMILES string of the molecule is NS(=O)(=O)C1(C(=O)Nc2ccccc2)CC1. The molecule has 0 saturated heterocycles. The monoisotopic (exact) mass is 240 g/mol. The second kappa shape index (κ2) is 3.57. The average Bonchev–Trinajstić information content (AvgIpc) is 2.98. The number of amides is 1. The summed E-state index contributed by atoms with van der Waals surface area (Å²) < 4.78 is 21.1. The molecule has 3 N–H and O–H groups in total. The van der Waals surface area contributed by atoms with E-state index >= 15 is 0 Å². The van der Waals surface area contributed by atoms with E-state index in [1.807, 2.05) is 6.07 Å². The quantitative estimate of drug-likeness (QED) is 0.803. The van der Waals surface area contributed by atoms with E-state index in [4.69, 9.17) is 5.14 Å². The van der Waals surface area contributed by atoms with Gasteiger partial charge in [-0.3, -0.25) is 4.79 Å². The molecule has 2 rings (SSSR count). The van der Waals surface area contributed by atoms with E-state index < -0.39 is 20.7 Å². The van der Waals surface area contributed by atoms with Gasteiger partial charge in [-0.2, -0.15) is 0 Å². The van der Waals surface area contributed by atoms with Gasteiger partial charge in [0.2, 0.25) is 15.9 Å². The Kier molecular flexibility index (Phi) is 2.47. The number of hydrogen-bond donors (Lipinski definition) is 2. The van der Waals surface area contributed by atoms with Crippen molar-refractivity contribution in [3.05, 3.63) is 30.3 Å². The number of carbonyl (C=O) groups is 1. The second-order valence-corrected chi connectivity index (χ2v) is 5.73. The lowest BCUT2D eigenvalue weighted by Gasteiger charge is -2.12. The van der Waals surface area contributed by atoms with Crippen LogP contribution in [0.25, 0.3) is 0 Å². The van der Waals surface area contributed by atoms with Crippen molar-refractivity contribution in [2.24, 2.45) is 5.14 Å². The fourth-order valence-corrected chi connectivity index (χ4v) is 2.50. The van der Waals surface area contributed by atoms with Crippen LogP contribution in [0.2, 0.25) is 0 Å². The highest BCUT2D eigenvalue weighted by Crippen LogP contribution is 2.42. The molecule has 0 radical (unpaired) electrons. The summed E-state index contributed by atoms with van der Waals surface area (Å²) in [7, 11) is -3.82. The zero-order valence-electron chi connectivity index (χ0n) is 8.51. The molecule has 1 aromatic carbocycles. The molecule has 5 nitrogen and oxygen atoms in total. The Hall–Kier alpha value is -1.40. The number of carbonyl (C=O) groups excluding carboxylic acids is 1. The summed E-state index contributed by atoms with van der Waals surface area (Å²) >= 11 is 0. The van der Waals surface area contributed by atoms with E-state index in [2.05, 4.69) is 5.32 Å². The number of sulfonamides is 1. The van der Waals surface area contributed by atoms with Gasteiger partial charge < -0.3 is 5.32 Å². The number of para-hydroxylation sites is 1. The molecule has 1 amide bonds. The number of nitrogens with one attached hydrogen (secondary N) is 1. The first-order valence-corrected chi connectivity index (χ1v) is 6.39. The molecule has 0 atom stereocenters. The second-order valence-electron chi connectivity index (χ2n) is 3.86. The lowest BCUT2D eigenvalue weighted by molar-refractivity contribution is -0.116. The van der Waals surface area contributed by atoms with E-state index in [9.17, 15) is 13.2 Å². The molecule has 0 bridgehead atoms. The summed E-state index contributed by atoms with van der Waals surface area (Å²) in [5.74, 6) is -0.541. The topological polar surface area (TPSA) is 89.3 Å². The fourth-order valence-electron chi connectivity index (χ4n) is 1.52. The third kappa shape index (κ3) is 1.81. The Morgan fingerprint density at radius 3 is 2.25 bits per heavy atom. The van der Waals surface area contributed by atoms with Crippen molar-refractivity contribution in [3.63, 3.8) is 0 Å². The van der Waals surface area contributed by atoms with Gasteiger partial charge in [-0.1, -0.05) is 18.2 Å². The average molecular weight is 240 g/mol. The van der Waals surface area contributed by atoms with Gasteiger partial charge in [-0.15, -0.1) is 0 Å². The van der Waals surface area contributed by atoms with Crippen molar-refractivity contribution in [2.75, 3.05) is 5.32 Å². The summed E-state index contributed by atoms with van der Waals surface area (Å²) in [6.45, 7) is 0. The lowest BCUT2D eigenvalue weighted by Crippen LogP contribution is -2.41. The fraction of sp³-hybridized carbons (Fsp3) is 0.300. The van der Waals surface area contributed by atoms with E-state index in [0.717, 1.165) is 0 Å². The zero-order chi connectivity index (χ0) is 11.8. The van der Waals surface area contributed by atoms with Gasteiger partial charge in [0.25, 0.3) is 0 Å². The third-order valence-electron chi connectivity index (χ3n) is 2.69. The van der Waals surface area contributed by atoms with Gasteiger partial charge >= 0.3 is 0 Å². The first kappa shape index (κ1) is 11.1. The number of rotatable bonds is 3. The van der Waals surface area contributed by atoms with Crippen LogP contribution in [0.1, 0.15) is 12.8 Å². The smallest absolute Gasteiger partial charge is 0.247 e. The molecule has 1 aliphatic carbocycles. The number of nitrogens with two attached hydrogens (primary N) is 1. The number of anilines is 1. The van der Waals surface area contributed by atoms with Gasteiger partial charge in [0.1, 0.15) is 0 Å². The van der Waals surface area contributed by atoms with E-state index in [-0.39, 0.29) is 0 Å². The van der Waals surface area contributed by atoms with Crippen LogP contribution in [0.3, 0.4) is 0 Å². The maximum absolute atomic E-state index is 11.8. The highest BCUT2D eigenvalue weighted by atomic mass is 32.2. The highest BCUT2D eigenvalue weighted by molar-refractivity contribution is 7.91. The minimum Gasteiger partial charge on any atom is -0.325 e. The van der Waals surface area contributed by atoms with Crippen molar-refractivity contribution in [2.45, 2.75) is 17.6 Å². The van der Waals surface area contributed by atoms with Crippen LogP contribution in [0.15, 0.2) is 30.3 Å². The minimum absolute atomic E-state index is 0.296. The molecule has 0 aromatic heterocycles. The molecular weight excluding hydrogens is 228 g/mol. The number of hydrogen-bond acceptors (Lipinski definition) is 3. The van der Waals surface area contributed by atoms with E-state index in [0.29, 0.717) is 18.5 Å². The molecular formula is C10H12N2O3S. The molecule has 0 aliphatic heterocycles. The Bertz CT molecular complexity index is 506. The molecule has 16 heavy (non-hydrogen) atoms. The molecule has 1 aliphatic rings. The molecule has 86 valence electrons. The first-order valence-electron chi connectivity index (χ1n) is 4.85. The Labute approximate surface area is 93.7 Å². The van der Waals surface area contributed by atoms with E-state index in [1.54, 1.807) is 24.3 Å². The van der Waals surface area contributed by atoms with Crippen LogP contribution >= 0.6 is 0 Å². The standard InChI is InChI=1S/C10H12N2O3S/c11-16(14,15)10(6-7-10)9(13)12-8-4-2-1-3-5-8/h1-5H,6-7H2,(H,12,13)(H2,11,14,15). The molecule has 1 fully saturated rings. The third-order valence-corrected chi connectivity index (χ3v) is 4.38. The van der Waals surface area contributed by atoms with Gasteiger partial charge in [-0.25, -0.2) is 13.6 Å². The predicted octanol–water partition coefficient (Wildman–Crippen LogP) is 0.446. The lowest BCUT2D eigenvalue weighted by atomic mass is 10.3. The normalized spacial score (nSPS) is 17.8. The van der Waals surface area contributed by atoms with Gasteiger partial charge in [-0.05, 0) is 25.0 Å². The summed E-state index contributed by atoms with van der Waals surface area (Å²) in [6, 6.07) is 8.70. The molecule has 6 heteroatoms. The Morgan fingerprint density at radius 2 is 1.81 bits per heavy atom. The largest absolute Gasteiger partial charge is 0.325 e. The highest BCUT2D eigenvalue weighted by Gasteiger charge is 2.59. The zero-order valence-corrected chi connectivity index (χ0v) is 9.33. The van der Waals surface area contributed by atoms with Crippen molar-refractivity contribution in [1.82, 2.24) is 0 Å². The van der Waals surface area contributed by atoms with Crippen LogP contribution in [-0.4, -0.2) is 19.1 Å². The summed E-state index contributed by atoms with van der Waals surface area (Å²) in [6.07, 6.45) is 0.592. The van der Waals surface area contributed by atoms with Crippen LogP contribution in [-0.2, 0) is 14.8 Å². The van der Waals surface area contributed by atoms with Crippen molar-refractivity contribution in [3.8, 4) is 0 Å².